The molecule has 1 aliphatic rings. The van der Waals surface area contributed by atoms with Crippen molar-refractivity contribution in [1.82, 2.24) is 0 Å². The molecule has 1 saturated carbocycles. The molecule has 0 radical (unpaired) electrons. The fourth-order valence-electron chi connectivity index (χ4n) is 2.28. The van der Waals surface area contributed by atoms with Gasteiger partial charge in [-0.25, -0.2) is 0 Å². The van der Waals surface area contributed by atoms with Gasteiger partial charge in [0.25, 0.3) is 0 Å². The van der Waals surface area contributed by atoms with Crippen LogP contribution in [0.4, 0.5) is 0 Å². The predicted octanol–water partition coefficient (Wildman–Crippen LogP) is 2.96. The first-order chi connectivity index (χ1) is 8.29. The first-order valence-electron chi connectivity index (χ1n) is 6.34. The minimum atomic E-state index is -0.180. The molecule has 0 aromatic heterocycles. The van der Waals surface area contributed by atoms with E-state index < -0.39 is 0 Å². The SMILES string of the molecule is OCc1cccc(SC2CCCCCC2O)c1. The summed E-state index contributed by atoms with van der Waals surface area (Å²) in [7, 11) is 0. The zero-order valence-electron chi connectivity index (χ0n) is 10.0. The van der Waals surface area contributed by atoms with E-state index in [0.717, 1.165) is 29.7 Å². The van der Waals surface area contributed by atoms with Crippen molar-refractivity contribution in [2.45, 2.75) is 55.0 Å². The van der Waals surface area contributed by atoms with Gasteiger partial charge >= 0.3 is 0 Å². The van der Waals surface area contributed by atoms with Crippen LogP contribution in [-0.4, -0.2) is 21.6 Å². The molecule has 2 rings (SSSR count). The molecule has 1 aromatic rings. The smallest absolute Gasteiger partial charge is 0.0682 e. The number of thioether (sulfide) groups is 1. The van der Waals surface area contributed by atoms with Crippen LogP contribution >= 0.6 is 11.8 Å². The maximum absolute atomic E-state index is 10.1. The van der Waals surface area contributed by atoms with E-state index in [1.54, 1.807) is 11.8 Å². The number of aliphatic hydroxyl groups excluding tert-OH is 2. The third-order valence-corrected chi connectivity index (χ3v) is 4.66. The Morgan fingerprint density at radius 3 is 2.82 bits per heavy atom. The van der Waals surface area contributed by atoms with Gasteiger partial charge in [-0.3, -0.25) is 0 Å². The molecule has 2 nitrogen and oxygen atoms in total. The van der Waals surface area contributed by atoms with Crippen LogP contribution in [0.5, 0.6) is 0 Å². The molecule has 0 spiro atoms. The van der Waals surface area contributed by atoms with Crippen LogP contribution < -0.4 is 0 Å². The first-order valence-corrected chi connectivity index (χ1v) is 7.22. The van der Waals surface area contributed by atoms with Crippen molar-refractivity contribution in [2.24, 2.45) is 0 Å². The van der Waals surface area contributed by atoms with Gasteiger partial charge in [-0.2, -0.15) is 0 Å². The Hall–Kier alpha value is -0.510. The number of aliphatic hydroxyl groups is 2. The summed E-state index contributed by atoms with van der Waals surface area (Å²) in [5.41, 5.74) is 0.943. The molecule has 0 bridgehead atoms. The normalized spacial score (nSPS) is 25.5. The van der Waals surface area contributed by atoms with Crippen molar-refractivity contribution in [3.8, 4) is 0 Å². The summed E-state index contributed by atoms with van der Waals surface area (Å²) in [6, 6.07) is 7.97. The molecule has 1 aliphatic carbocycles. The van der Waals surface area contributed by atoms with E-state index in [1.807, 2.05) is 18.2 Å². The predicted molar refractivity (Wildman–Crippen MR) is 71.1 cm³/mol. The lowest BCUT2D eigenvalue weighted by Crippen LogP contribution is -2.21. The van der Waals surface area contributed by atoms with Crippen molar-refractivity contribution in [1.29, 1.82) is 0 Å². The van der Waals surface area contributed by atoms with Gasteiger partial charge in [-0.05, 0) is 30.5 Å². The molecule has 2 unspecified atom stereocenters. The van der Waals surface area contributed by atoms with Crippen LogP contribution in [0.25, 0.3) is 0 Å². The van der Waals surface area contributed by atoms with E-state index in [0.29, 0.717) is 5.25 Å². The summed E-state index contributed by atoms with van der Waals surface area (Å²) in [5, 5.41) is 19.5. The summed E-state index contributed by atoms with van der Waals surface area (Å²) in [5.74, 6) is 0. The van der Waals surface area contributed by atoms with Crippen LogP contribution in [0.2, 0.25) is 0 Å². The minimum absolute atomic E-state index is 0.0849. The highest BCUT2D eigenvalue weighted by Crippen LogP contribution is 2.33. The average molecular weight is 252 g/mol. The van der Waals surface area contributed by atoms with E-state index in [1.165, 1.54) is 12.8 Å². The van der Waals surface area contributed by atoms with Gasteiger partial charge in [0.2, 0.25) is 0 Å². The quantitative estimate of drug-likeness (QED) is 0.813. The van der Waals surface area contributed by atoms with E-state index in [9.17, 15) is 5.11 Å². The maximum atomic E-state index is 10.1. The van der Waals surface area contributed by atoms with E-state index >= 15 is 0 Å². The van der Waals surface area contributed by atoms with E-state index in [-0.39, 0.29) is 12.7 Å². The van der Waals surface area contributed by atoms with Crippen LogP contribution in [0.15, 0.2) is 29.2 Å². The fourth-order valence-corrected chi connectivity index (χ4v) is 3.59. The van der Waals surface area contributed by atoms with Crippen molar-refractivity contribution < 1.29 is 10.2 Å². The Kier molecular flexibility index (Phi) is 4.89. The lowest BCUT2D eigenvalue weighted by atomic mass is 10.1. The number of hydrogen-bond donors (Lipinski definition) is 2. The van der Waals surface area contributed by atoms with Gasteiger partial charge in [0.15, 0.2) is 0 Å². The monoisotopic (exact) mass is 252 g/mol. The maximum Gasteiger partial charge on any atom is 0.0682 e. The Bertz CT molecular complexity index is 354. The molecule has 2 N–H and O–H groups in total. The van der Waals surface area contributed by atoms with Crippen LogP contribution in [0, 0.1) is 0 Å². The minimum Gasteiger partial charge on any atom is -0.392 e. The van der Waals surface area contributed by atoms with Gasteiger partial charge in [-0.15, -0.1) is 11.8 Å². The molecular weight excluding hydrogens is 232 g/mol. The third kappa shape index (κ3) is 3.73. The molecule has 0 heterocycles. The topological polar surface area (TPSA) is 40.5 Å². The Balaban J connectivity index is 2.02. The summed E-state index contributed by atoms with van der Waals surface area (Å²) >= 11 is 1.75. The number of rotatable bonds is 3. The highest BCUT2D eigenvalue weighted by Gasteiger charge is 2.22. The zero-order valence-corrected chi connectivity index (χ0v) is 10.8. The highest BCUT2D eigenvalue weighted by atomic mass is 32.2. The average Bonchev–Trinajstić information content (AvgIpc) is 2.55. The summed E-state index contributed by atoms with van der Waals surface area (Å²) in [6.45, 7) is 0.0849. The van der Waals surface area contributed by atoms with Gasteiger partial charge < -0.3 is 10.2 Å². The fraction of sp³-hybridized carbons (Fsp3) is 0.571. The van der Waals surface area contributed by atoms with Gasteiger partial charge in [0.05, 0.1) is 12.7 Å². The molecule has 94 valence electrons. The lowest BCUT2D eigenvalue weighted by Gasteiger charge is -2.19. The van der Waals surface area contributed by atoms with E-state index in [4.69, 9.17) is 5.11 Å². The second-order valence-corrected chi connectivity index (χ2v) is 5.98. The Labute approximate surface area is 107 Å². The van der Waals surface area contributed by atoms with Crippen LogP contribution in [0.3, 0.4) is 0 Å². The molecule has 1 fully saturated rings. The third-order valence-electron chi connectivity index (χ3n) is 3.29. The molecular formula is C14H20O2S. The van der Waals surface area contributed by atoms with Gasteiger partial charge in [-0.1, -0.05) is 31.4 Å². The summed E-state index contributed by atoms with van der Waals surface area (Å²) < 4.78 is 0. The standard InChI is InChI=1S/C14H20O2S/c15-10-11-5-4-6-12(9-11)17-14-8-3-1-2-7-13(14)16/h4-6,9,13-16H,1-3,7-8,10H2. The van der Waals surface area contributed by atoms with Crippen molar-refractivity contribution in [3.05, 3.63) is 29.8 Å². The van der Waals surface area contributed by atoms with Crippen molar-refractivity contribution in [2.75, 3.05) is 0 Å². The van der Waals surface area contributed by atoms with E-state index in [2.05, 4.69) is 6.07 Å². The largest absolute Gasteiger partial charge is 0.392 e. The van der Waals surface area contributed by atoms with Crippen LogP contribution in [0.1, 0.15) is 37.7 Å². The second kappa shape index (κ2) is 6.43. The molecule has 0 amide bonds. The van der Waals surface area contributed by atoms with Gasteiger partial charge in [0, 0.05) is 10.1 Å². The summed E-state index contributed by atoms with van der Waals surface area (Å²) in [4.78, 5) is 1.16. The Morgan fingerprint density at radius 1 is 1.18 bits per heavy atom. The first kappa shape index (κ1) is 12.9. The summed E-state index contributed by atoms with van der Waals surface area (Å²) in [6.07, 6.45) is 5.45. The van der Waals surface area contributed by atoms with Crippen molar-refractivity contribution in [3.63, 3.8) is 0 Å². The Morgan fingerprint density at radius 2 is 2.00 bits per heavy atom. The molecule has 3 heteroatoms. The molecule has 2 atom stereocenters. The number of benzene rings is 1. The zero-order chi connectivity index (χ0) is 12.1. The van der Waals surface area contributed by atoms with Gasteiger partial charge in [0.1, 0.15) is 0 Å². The molecule has 1 aromatic carbocycles. The number of hydrogen-bond acceptors (Lipinski definition) is 3. The second-order valence-electron chi connectivity index (χ2n) is 4.67. The lowest BCUT2D eigenvalue weighted by molar-refractivity contribution is 0.163. The molecule has 0 saturated heterocycles. The van der Waals surface area contributed by atoms with Crippen LogP contribution in [-0.2, 0) is 6.61 Å². The van der Waals surface area contributed by atoms with Crippen molar-refractivity contribution >= 4 is 11.8 Å². The highest BCUT2D eigenvalue weighted by molar-refractivity contribution is 8.00. The molecule has 17 heavy (non-hydrogen) atoms. The molecule has 0 aliphatic heterocycles.